The predicted molar refractivity (Wildman–Crippen MR) is 61.0 cm³/mol. The Balaban J connectivity index is 2.58. The van der Waals surface area contributed by atoms with E-state index in [1.165, 1.54) is 11.3 Å². The van der Waals surface area contributed by atoms with Crippen LogP contribution in [0.1, 0.15) is 22.3 Å². The highest BCUT2D eigenvalue weighted by Gasteiger charge is 2.14. The first-order valence-corrected chi connectivity index (χ1v) is 5.57. The molecule has 1 aromatic heterocycles. The van der Waals surface area contributed by atoms with Gasteiger partial charge in [0.15, 0.2) is 10.8 Å². The Morgan fingerprint density at radius 2 is 2.19 bits per heavy atom. The first-order valence-electron chi connectivity index (χ1n) is 4.76. The van der Waals surface area contributed by atoms with E-state index in [0.29, 0.717) is 16.6 Å². The third-order valence-electron chi connectivity index (χ3n) is 1.77. The Morgan fingerprint density at radius 3 is 2.69 bits per heavy atom. The second-order valence-corrected chi connectivity index (χ2v) is 4.24. The molecular weight excluding hydrogens is 230 g/mol. The Hall–Kier alpha value is -1.63. The number of aromatic carboxylic acids is 1. The molecule has 88 valence electrons. The number of hydrogen-bond acceptors (Lipinski definition) is 5. The molecule has 1 heterocycles. The number of thiazole rings is 1. The van der Waals surface area contributed by atoms with Gasteiger partial charge in [-0.25, -0.2) is 9.78 Å². The Labute approximate surface area is 96.7 Å². The third-order valence-corrected chi connectivity index (χ3v) is 2.70. The fourth-order valence-electron chi connectivity index (χ4n) is 1.09. The average molecular weight is 243 g/mol. The van der Waals surface area contributed by atoms with Crippen molar-refractivity contribution in [3.05, 3.63) is 10.6 Å². The predicted octanol–water partition coefficient (Wildman–Crippen LogP) is 0.698. The normalized spacial score (nSPS) is 9.88. The number of carbonyl (C=O) groups excluding carboxylic acids is 1. The van der Waals surface area contributed by atoms with Crippen LogP contribution in [0.3, 0.4) is 0 Å². The molecule has 0 unspecified atom stereocenters. The number of hydrogen-bond donors (Lipinski definition) is 3. The van der Waals surface area contributed by atoms with Gasteiger partial charge in [0.05, 0.1) is 6.54 Å². The van der Waals surface area contributed by atoms with Crippen molar-refractivity contribution < 1.29 is 14.7 Å². The summed E-state index contributed by atoms with van der Waals surface area (Å²) >= 11 is 1.22. The van der Waals surface area contributed by atoms with Crippen LogP contribution < -0.4 is 10.6 Å². The van der Waals surface area contributed by atoms with Gasteiger partial charge in [0.25, 0.3) is 0 Å². The lowest BCUT2D eigenvalue weighted by Crippen LogP contribution is -2.29. The van der Waals surface area contributed by atoms with Crippen molar-refractivity contribution in [2.24, 2.45) is 0 Å². The van der Waals surface area contributed by atoms with Gasteiger partial charge in [0.2, 0.25) is 5.91 Å². The van der Waals surface area contributed by atoms with E-state index < -0.39 is 5.97 Å². The van der Waals surface area contributed by atoms with Crippen LogP contribution in [0.15, 0.2) is 0 Å². The molecule has 6 nitrogen and oxygen atoms in total. The van der Waals surface area contributed by atoms with Crippen molar-refractivity contribution in [2.75, 3.05) is 18.4 Å². The number of amides is 1. The fourth-order valence-corrected chi connectivity index (χ4v) is 1.89. The minimum atomic E-state index is -1.06. The van der Waals surface area contributed by atoms with Crippen molar-refractivity contribution in [1.29, 1.82) is 0 Å². The summed E-state index contributed by atoms with van der Waals surface area (Å²) in [5, 5.41) is 14.6. The van der Waals surface area contributed by atoms with Gasteiger partial charge in [-0.05, 0) is 13.8 Å². The van der Waals surface area contributed by atoms with Gasteiger partial charge in [-0.1, -0.05) is 0 Å². The summed E-state index contributed by atoms with van der Waals surface area (Å²) in [5.74, 6) is -1.20. The number of likely N-dealkylation sites (N-methyl/N-ethyl adjacent to an activating group) is 1. The zero-order chi connectivity index (χ0) is 12.1. The van der Waals surface area contributed by atoms with E-state index in [9.17, 15) is 9.59 Å². The highest BCUT2D eigenvalue weighted by molar-refractivity contribution is 7.15. The molecule has 0 radical (unpaired) electrons. The lowest BCUT2D eigenvalue weighted by molar-refractivity contribution is -0.119. The van der Waals surface area contributed by atoms with Crippen LogP contribution in [0.4, 0.5) is 5.13 Å². The summed E-state index contributed by atoms with van der Waals surface area (Å²) in [7, 11) is 0. The molecule has 0 bridgehead atoms. The molecule has 16 heavy (non-hydrogen) atoms. The second kappa shape index (κ2) is 5.45. The van der Waals surface area contributed by atoms with Crippen LogP contribution in [0.2, 0.25) is 0 Å². The summed E-state index contributed by atoms with van der Waals surface area (Å²) in [6.07, 6.45) is 0. The van der Waals surface area contributed by atoms with Crippen LogP contribution in [0.5, 0.6) is 0 Å². The summed E-state index contributed by atoms with van der Waals surface area (Å²) in [5.41, 5.74) is 0.0309. The van der Waals surface area contributed by atoms with Gasteiger partial charge in [-0.3, -0.25) is 4.79 Å². The van der Waals surface area contributed by atoms with E-state index in [4.69, 9.17) is 5.11 Å². The Bertz CT molecular complexity index is 403. The van der Waals surface area contributed by atoms with Crippen LogP contribution in [-0.2, 0) is 4.79 Å². The molecule has 0 aliphatic heterocycles. The lowest BCUT2D eigenvalue weighted by atomic mass is 10.4. The lowest BCUT2D eigenvalue weighted by Gasteiger charge is -2.02. The summed E-state index contributed by atoms with van der Waals surface area (Å²) in [6, 6.07) is 0. The van der Waals surface area contributed by atoms with Gasteiger partial charge in [0, 0.05) is 11.4 Å². The number of nitrogens with zero attached hydrogens (tertiary/aromatic N) is 1. The first kappa shape index (κ1) is 12.4. The number of rotatable bonds is 5. The number of nitrogens with one attached hydrogen (secondary N) is 2. The number of anilines is 1. The third kappa shape index (κ3) is 3.20. The van der Waals surface area contributed by atoms with Crippen LogP contribution in [0, 0.1) is 6.92 Å². The molecule has 0 aliphatic carbocycles. The average Bonchev–Trinajstić information content (AvgIpc) is 2.57. The molecular formula is C9H13N3O3S. The van der Waals surface area contributed by atoms with Crippen LogP contribution >= 0.6 is 11.3 Å². The van der Waals surface area contributed by atoms with Gasteiger partial charge in [0.1, 0.15) is 0 Å². The molecule has 0 saturated heterocycles. The standard InChI is InChI=1S/C9H13N3O3S/c1-3-10-6(13)4-11-9-12-7(8(14)15)5(2)16-9/h3-4H2,1-2H3,(H,10,13)(H,11,12)(H,14,15). The topological polar surface area (TPSA) is 91.3 Å². The zero-order valence-corrected chi connectivity index (χ0v) is 9.85. The van der Waals surface area contributed by atoms with Gasteiger partial charge in [-0.2, -0.15) is 0 Å². The highest BCUT2D eigenvalue weighted by atomic mass is 32.1. The molecule has 1 amide bonds. The second-order valence-electron chi connectivity index (χ2n) is 3.04. The maximum absolute atomic E-state index is 11.1. The van der Waals surface area contributed by atoms with Gasteiger partial charge >= 0.3 is 5.97 Å². The molecule has 0 aromatic carbocycles. The fraction of sp³-hybridized carbons (Fsp3) is 0.444. The van der Waals surface area contributed by atoms with E-state index in [1.54, 1.807) is 6.92 Å². The monoisotopic (exact) mass is 243 g/mol. The number of aryl methyl sites for hydroxylation is 1. The molecule has 1 aromatic rings. The molecule has 3 N–H and O–H groups in total. The highest BCUT2D eigenvalue weighted by Crippen LogP contribution is 2.21. The van der Waals surface area contributed by atoms with Crippen LogP contribution in [0.25, 0.3) is 0 Å². The number of carboxylic acids is 1. The largest absolute Gasteiger partial charge is 0.476 e. The summed E-state index contributed by atoms with van der Waals surface area (Å²) < 4.78 is 0. The number of carboxylic acid groups (broad SMARTS) is 1. The van der Waals surface area contributed by atoms with E-state index >= 15 is 0 Å². The minimum absolute atomic E-state index is 0.0309. The van der Waals surface area contributed by atoms with E-state index in [-0.39, 0.29) is 18.1 Å². The van der Waals surface area contributed by atoms with E-state index in [1.807, 2.05) is 6.92 Å². The van der Waals surface area contributed by atoms with Crippen molar-refractivity contribution in [3.8, 4) is 0 Å². The smallest absolute Gasteiger partial charge is 0.355 e. The molecule has 0 atom stereocenters. The molecule has 0 saturated carbocycles. The maximum Gasteiger partial charge on any atom is 0.355 e. The van der Waals surface area contributed by atoms with Crippen molar-refractivity contribution in [2.45, 2.75) is 13.8 Å². The molecule has 0 fully saturated rings. The molecule has 0 aliphatic rings. The SMILES string of the molecule is CCNC(=O)CNc1nc(C(=O)O)c(C)s1. The Morgan fingerprint density at radius 1 is 1.50 bits per heavy atom. The number of carbonyl (C=O) groups is 2. The van der Waals surface area contributed by atoms with E-state index in [2.05, 4.69) is 15.6 Å². The molecule has 1 rings (SSSR count). The van der Waals surface area contributed by atoms with Gasteiger partial charge in [-0.15, -0.1) is 11.3 Å². The quantitative estimate of drug-likeness (QED) is 0.708. The summed E-state index contributed by atoms with van der Waals surface area (Å²) in [4.78, 5) is 26.3. The maximum atomic E-state index is 11.1. The molecule has 0 spiro atoms. The van der Waals surface area contributed by atoms with Crippen molar-refractivity contribution >= 4 is 28.3 Å². The van der Waals surface area contributed by atoms with E-state index in [0.717, 1.165) is 0 Å². The zero-order valence-electron chi connectivity index (χ0n) is 9.03. The van der Waals surface area contributed by atoms with Crippen molar-refractivity contribution in [1.82, 2.24) is 10.3 Å². The van der Waals surface area contributed by atoms with Gasteiger partial charge < -0.3 is 15.7 Å². The van der Waals surface area contributed by atoms with Crippen LogP contribution in [-0.4, -0.2) is 35.1 Å². The molecule has 7 heteroatoms. The summed E-state index contributed by atoms with van der Waals surface area (Å²) in [6.45, 7) is 4.17. The first-order chi connectivity index (χ1) is 7.54. The van der Waals surface area contributed by atoms with Crippen molar-refractivity contribution in [3.63, 3.8) is 0 Å². The number of aromatic nitrogens is 1. The Kier molecular flexibility index (Phi) is 4.24. The minimum Gasteiger partial charge on any atom is -0.476 e.